The van der Waals surface area contributed by atoms with Crippen molar-refractivity contribution in [1.29, 1.82) is 0 Å². The van der Waals surface area contributed by atoms with Gasteiger partial charge in [0.2, 0.25) is 0 Å². The lowest BCUT2D eigenvalue weighted by Crippen LogP contribution is -1.78. The summed E-state index contributed by atoms with van der Waals surface area (Å²) in [6.45, 7) is 0. The lowest BCUT2D eigenvalue weighted by molar-refractivity contribution is 0.401. The second kappa shape index (κ2) is 5.81. The van der Waals surface area contributed by atoms with Crippen LogP contribution >= 0.6 is 0 Å². The fourth-order valence-corrected chi connectivity index (χ4v) is 0.921. The maximum Gasteiger partial charge on any atom is 0.173 e. The molecule has 0 amide bonds. The van der Waals surface area contributed by atoms with Crippen LogP contribution in [0.3, 0.4) is 0 Å². The number of hydrogen-bond acceptors (Lipinski definition) is 2. The Morgan fingerprint density at radius 2 is 2.08 bits per heavy atom. The van der Waals surface area contributed by atoms with E-state index in [2.05, 4.69) is 4.74 Å². The van der Waals surface area contributed by atoms with Gasteiger partial charge in [-0.2, -0.15) is 0 Å². The van der Waals surface area contributed by atoms with E-state index >= 15 is 0 Å². The Hall–Kier alpha value is -1.79. The first-order chi connectivity index (χ1) is 6.43. The zero-order valence-electron chi connectivity index (χ0n) is 7.14. The Labute approximate surface area is 77.2 Å². The highest BCUT2D eigenvalue weighted by Crippen LogP contribution is 1.99. The molecule has 13 heavy (non-hydrogen) atoms. The molecule has 0 unspecified atom stereocenters. The van der Waals surface area contributed by atoms with Crippen LogP contribution in [0.4, 0.5) is 0 Å². The van der Waals surface area contributed by atoms with Crippen molar-refractivity contribution in [1.82, 2.24) is 0 Å². The van der Waals surface area contributed by atoms with E-state index in [0.717, 1.165) is 12.7 Å². The van der Waals surface area contributed by atoms with Gasteiger partial charge in [0.25, 0.3) is 0 Å². The van der Waals surface area contributed by atoms with Gasteiger partial charge in [0, 0.05) is 0 Å². The van der Waals surface area contributed by atoms with Crippen LogP contribution in [0.1, 0.15) is 5.56 Å². The highest BCUT2D eigenvalue weighted by atomic mass is 16.5. The summed E-state index contributed by atoms with van der Waals surface area (Å²) in [5.41, 5.74) is 1.21. The maximum atomic E-state index is 9.70. The number of benzene rings is 1. The number of allylic oxidation sites excluding steroid dienone is 1. The lowest BCUT2D eigenvalue weighted by Gasteiger charge is -1.93. The van der Waals surface area contributed by atoms with Gasteiger partial charge >= 0.3 is 0 Å². The molecule has 0 fully saturated rings. The van der Waals surface area contributed by atoms with Crippen LogP contribution in [-0.4, -0.2) is 5.94 Å². The van der Waals surface area contributed by atoms with Crippen molar-refractivity contribution in [3.8, 4) is 0 Å². The Bertz CT molecular complexity index is 308. The first-order valence-electron chi connectivity index (χ1n) is 3.97. The molecule has 66 valence electrons. The predicted octanol–water partition coefficient (Wildman–Crippen LogP) is 2.10. The third kappa shape index (κ3) is 3.94. The van der Waals surface area contributed by atoms with Gasteiger partial charge in [-0.25, -0.2) is 4.79 Å². The van der Waals surface area contributed by atoms with Crippen molar-refractivity contribution >= 4 is 5.94 Å². The minimum absolute atomic E-state index is 0.799. The number of rotatable bonds is 4. The quantitative estimate of drug-likeness (QED) is 0.516. The second-order valence-corrected chi connectivity index (χ2v) is 2.43. The number of ether oxygens (including phenoxy) is 1. The zero-order chi connectivity index (χ0) is 9.36. The maximum absolute atomic E-state index is 9.70. The summed E-state index contributed by atoms with van der Waals surface area (Å²) in [7, 11) is 0. The molecule has 0 saturated heterocycles. The average molecular weight is 174 g/mol. The first-order valence-corrected chi connectivity index (χ1v) is 3.97. The van der Waals surface area contributed by atoms with E-state index in [-0.39, 0.29) is 0 Å². The summed E-state index contributed by atoms with van der Waals surface area (Å²) in [5.74, 6) is 1.52. The van der Waals surface area contributed by atoms with E-state index in [1.807, 2.05) is 36.4 Å². The van der Waals surface area contributed by atoms with Crippen LogP contribution in [0.2, 0.25) is 0 Å². The van der Waals surface area contributed by atoms with Gasteiger partial charge in [-0.05, 0) is 18.1 Å². The molecule has 0 saturated carbocycles. The zero-order valence-corrected chi connectivity index (χ0v) is 7.14. The molecular weight excluding hydrogens is 164 g/mol. The van der Waals surface area contributed by atoms with Crippen molar-refractivity contribution in [3.63, 3.8) is 0 Å². The van der Waals surface area contributed by atoms with Crippen LogP contribution in [0.25, 0.3) is 0 Å². The van der Waals surface area contributed by atoms with Crippen molar-refractivity contribution in [2.45, 2.75) is 6.42 Å². The fraction of sp³-hybridized carbons (Fsp3) is 0.0909. The third-order valence-corrected chi connectivity index (χ3v) is 1.49. The van der Waals surface area contributed by atoms with Gasteiger partial charge in [0.15, 0.2) is 12.2 Å². The second-order valence-electron chi connectivity index (χ2n) is 2.43. The van der Waals surface area contributed by atoms with Crippen LogP contribution in [0, 0.1) is 0 Å². The standard InChI is InChI=1S/C11H10O2/c12-8-10-13-9-4-7-11-5-2-1-3-6-11/h1-6,9-10H,7H2. The third-order valence-electron chi connectivity index (χ3n) is 1.49. The topological polar surface area (TPSA) is 26.3 Å². The highest BCUT2D eigenvalue weighted by Gasteiger charge is 1.84. The van der Waals surface area contributed by atoms with E-state index in [1.165, 1.54) is 17.8 Å². The van der Waals surface area contributed by atoms with Gasteiger partial charge < -0.3 is 4.74 Å². The van der Waals surface area contributed by atoms with Crippen molar-refractivity contribution in [3.05, 3.63) is 54.5 Å². The molecule has 1 aromatic carbocycles. The summed E-state index contributed by atoms with van der Waals surface area (Å²) in [6, 6.07) is 9.99. The van der Waals surface area contributed by atoms with Gasteiger partial charge in [-0.1, -0.05) is 30.3 Å². The molecule has 0 heterocycles. The molecule has 0 aliphatic rings. The van der Waals surface area contributed by atoms with Crippen LogP contribution in [0.15, 0.2) is 48.9 Å². The summed E-state index contributed by atoms with van der Waals surface area (Å²) in [6.07, 6.45) is 5.08. The summed E-state index contributed by atoms with van der Waals surface area (Å²) in [4.78, 5) is 9.70. The Balaban J connectivity index is 2.35. The molecule has 0 radical (unpaired) electrons. The summed E-state index contributed by atoms with van der Waals surface area (Å²) >= 11 is 0. The normalized spacial score (nSPS) is 9.54. The molecule has 2 nitrogen and oxygen atoms in total. The van der Waals surface area contributed by atoms with E-state index in [1.54, 1.807) is 0 Å². The molecule has 0 aliphatic carbocycles. The molecule has 0 aromatic heterocycles. The van der Waals surface area contributed by atoms with Gasteiger partial charge in [-0.15, -0.1) is 0 Å². The van der Waals surface area contributed by atoms with E-state index in [9.17, 15) is 4.79 Å². The molecule has 0 atom stereocenters. The highest BCUT2D eigenvalue weighted by molar-refractivity contribution is 5.42. The molecule has 0 N–H and O–H groups in total. The monoisotopic (exact) mass is 174 g/mol. The molecular formula is C11H10O2. The average Bonchev–Trinajstić information content (AvgIpc) is 2.19. The van der Waals surface area contributed by atoms with Crippen molar-refractivity contribution in [2.75, 3.05) is 0 Å². The summed E-state index contributed by atoms with van der Waals surface area (Å²) in [5, 5.41) is 0. The van der Waals surface area contributed by atoms with Crippen LogP contribution < -0.4 is 0 Å². The number of carbonyl (C=O) groups excluding carboxylic acids is 1. The minimum atomic E-state index is 0.799. The van der Waals surface area contributed by atoms with Crippen molar-refractivity contribution < 1.29 is 9.53 Å². The Kier molecular flexibility index (Phi) is 4.16. The molecule has 0 aliphatic heterocycles. The molecule has 0 bridgehead atoms. The summed E-state index contributed by atoms with van der Waals surface area (Å²) < 4.78 is 4.68. The molecule has 1 aromatic rings. The predicted molar refractivity (Wildman–Crippen MR) is 50.6 cm³/mol. The molecule has 2 heteroatoms. The van der Waals surface area contributed by atoms with E-state index < -0.39 is 0 Å². The van der Waals surface area contributed by atoms with Gasteiger partial charge in [0.1, 0.15) is 0 Å². The van der Waals surface area contributed by atoms with Gasteiger partial charge in [0.05, 0.1) is 6.26 Å². The molecule has 1 rings (SSSR count). The van der Waals surface area contributed by atoms with Crippen molar-refractivity contribution in [2.24, 2.45) is 0 Å². The smallest absolute Gasteiger partial charge is 0.173 e. The van der Waals surface area contributed by atoms with E-state index in [4.69, 9.17) is 0 Å². The van der Waals surface area contributed by atoms with E-state index in [0.29, 0.717) is 0 Å². The Morgan fingerprint density at radius 3 is 2.77 bits per heavy atom. The molecule has 0 spiro atoms. The Morgan fingerprint density at radius 1 is 1.31 bits per heavy atom. The largest absolute Gasteiger partial charge is 0.461 e. The fourth-order valence-electron chi connectivity index (χ4n) is 0.921. The van der Waals surface area contributed by atoms with Crippen LogP contribution in [0.5, 0.6) is 0 Å². The number of hydrogen-bond donors (Lipinski definition) is 0. The minimum Gasteiger partial charge on any atom is -0.461 e. The lowest BCUT2D eigenvalue weighted by atomic mass is 10.2. The SMILES string of the molecule is O=C=COC=CCc1ccccc1. The van der Waals surface area contributed by atoms with Gasteiger partial charge in [-0.3, -0.25) is 0 Å². The van der Waals surface area contributed by atoms with Crippen LogP contribution in [-0.2, 0) is 16.0 Å². The first kappa shape index (κ1) is 9.30.